The van der Waals surface area contributed by atoms with E-state index >= 15 is 0 Å². The summed E-state index contributed by atoms with van der Waals surface area (Å²) >= 11 is 0. The van der Waals surface area contributed by atoms with Gasteiger partial charge in [0.2, 0.25) is 5.91 Å². The summed E-state index contributed by atoms with van der Waals surface area (Å²) in [7, 11) is 0. The van der Waals surface area contributed by atoms with Gasteiger partial charge in [-0.1, -0.05) is 12.1 Å². The molecule has 4 heteroatoms. The summed E-state index contributed by atoms with van der Waals surface area (Å²) in [5, 5.41) is 3.08. The van der Waals surface area contributed by atoms with Crippen LogP contribution in [0.4, 0.5) is 4.39 Å². The number of benzene rings is 1. The van der Waals surface area contributed by atoms with Crippen molar-refractivity contribution in [1.29, 1.82) is 0 Å². The lowest BCUT2D eigenvalue weighted by Crippen LogP contribution is -2.57. The van der Waals surface area contributed by atoms with Crippen molar-refractivity contribution in [2.45, 2.75) is 58.2 Å². The highest BCUT2D eigenvalue weighted by Crippen LogP contribution is 2.24. The number of hydrogen-bond acceptors (Lipinski definition) is 2. The van der Waals surface area contributed by atoms with E-state index in [2.05, 4.69) is 24.1 Å². The molecule has 1 amide bonds. The van der Waals surface area contributed by atoms with Gasteiger partial charge in [0.05, 0.1) is 0 Å². The van der Waals surface area contributed by atoms with Crippen LogP contribution in [0.15, 0.2) is 24.3 Å². The van der Waals surface area contributed by atoms with Crippen LogP contribution in [0.1, 0.15) is 39.2 Å². The molecule has 1 N–H and O–H groups in total. The topological polar surface area (TPSA) is 32.3 Å². The molecule has 21 heavy (non-hydrogen) atoms. The van der Waals surface area contributed by atoms with Gasteiger partial charge in [-0.05, 0) is 57.4 Å². The van der Waals surface area contributed by atoms with Crippen molar-refractivity contribution in [3.05, 3.63) is 35.6 Å². The molecule has 0 aliphatic carbocycles. The van der Waals surface area contributed by atoms with Crippen molar-refractivity contribution in [2.75, 3.05) is 6.54 Å². The maximum Gasteiger partial charge on any atom is 0.217 e. The van der Waals surface area contributed by atoms with Crippen LogP contribution in [-0.2, 0) is 11.2 Å². The van der Waals surface area contributed by atoms with Crippen molar-refractivity contribution in [1.82, 2.24) is 10.2 Å². The highest BCUT2D eigenvalue weighted by molar-refractivity contribution is 5.73. The van der Waals surface area contributed by atoms with E-state index in [1.807, 2.05) is 6.07 Å². The second kappa shape index (κ2) is 7.03. The third-order valence-electron chi connectivity index (χ3n) is 4.21. The summed E-state index contributed by atoms with van der Waals surface area (Å²) in [6, 6.07) is 7.56. The number of likely N-dealkylation sites (tertiary alicyclic amines) is 1. The van der Waals surface area contributed by atoms with E-state index in [1.165, 1.54) is 6.07 Å². The minimum Gasteiger partial charge on any atom is -0.352 e. The first kappa shape index (κ1) is 16.0. The Hall–Kier alpha value is -1.42. The quantitative estimate of drug-likeness (QED) is 0.925. The number of piperidine rings is 1. The Morgan fingerprint density at radius 1 is 1.48 bits per heavy atom. The number of carbonyl (C=O) groups excluding carboxylic acids is 1. The molecule has 0 spiro atoms. The van der Waals surface area contributed by atoms with Crippen LogP contribution >= 0.6 is 0 Å². The minimum atomic E-state index is -0.199. The number of carbonyl (C=O) groups is 1. The molecule has 1 aliphatic heterocycles. The van der Waals surface area contributed by atoms with Gasteiger partial charge >= 0.3 is 0 Å². The Kier molecular flexibility index (Phi) is 5.34. The fraction of sp³-hybridized carbons (Fsp3) is 0.588. The van der Waals surface area contributed by atoms with Crippen LogP contribution < -0.4 is 5.32 Å². The summed E-state index contributed by atoms with van der Waals surface area (Å²) in [6.45, 7) is 6.95. The minimum absolute atomic E-state index is 0.00912. The average Bonchev–Trinajstić information content (AvgIpc) is 2.40. The van der Waals surface area contributed by atoms with Gasteiger partial charge in [-0.15, -0.1) is 0 Å². The molecule has 0 saturated carbocycles. The van der Waals surface area contributed by atoms with Crippen LogP contribution in [0, 0.1) is 5.82 Å². The second-order valence-electron chi connectivity index (χ2n) is 6.18. The van der Waals surface area contributed by atoms with E-state index in [4.69, 9.17) is 0 Å². The van der Waals surface area contributed by atoms with Crippen molar-refractivity contribution < 1.29 is 9.18 Å². The van der Waals surface area contributed by atoms with Crippen LogP contribution in [0.2, 0.25) is 0 Å². The predicted octanol–water partition coefficient (Wildman–Crippen LogP) is 2.75. The highest BCUT2D eigenvalue weighted by atomic mass is 19.1. The molecule has 1 fully saturated rings. The lowest BCUT2D eigenvalue weighted by Gasteiger charge is -2.44. The van der Waals surface area contributed by atoms with Crippen LogP contribution in [0.3, 0.4) is 0 Å². The van der Waals surface area contributed by atoms with Crippen LogP contribution in [0.5, 0.6) is 0 Å². The number of hydrogen-bond donors (Lipinski definition) is 1. The van der Waals surface area contributed by atoms with E-state index in [9.17, 15) is 9.18 Å². The Bertz CT molecular complexity index is 489. The molecule has 1 aliphatic rings. The lowest BCUT2D eigenvalue weighted by molar-refractivity contribution is -0.120. The van der Waals surface area contributed by atoms with Crippen molar-refractivity contribution in [3.63, 3.8) is 0 Å². The molecule has 0 bridgehead atoms. The van der Waals surface area contributed by atoms with Gasteiger partial charge in [0, 0.05) is 25.0 Å². The summed E-state index contributed by atoms with van der Waals surface area (Å²) in [5.41, 5.74) is 0.989. The molecule has 2 atom stereocenters. The maximum atomic E-state index is 13.4. The van der Waals surface area contributed by atoms with Gasteiger partial charge < -0.3 is 5.32 Å². The van der Waals surface area contributed by atoms with Crippen molar-refractivity contribution >= 4 is 5.91 Å². The largest absolute Gasteiger partial charge is 0.352 e. The number of halogens is 1. The molecule has 1 aromatic rings. The van der Waals surface area contributed by atoms with Crippen LogP contribution in [0.25, 0.3) is 0 Å². The number of amides is 1. The Morgan fingerprint density at radius 2 is 2.24 bits per heavy atom. The molecule has 3 nitrogen and oxygen atoms in total. The first-order chi connectivity index (χ1) is 9.97. The number of nitrogens with one attached hydrogen (secondary N) is 1. The monoisotopic (exact) mass is 292 g/mol. The summed E-state index contributed by atoms with van der Waals surface area (Å²) in [6.07, 6.45) is 2.84. The van der Waals surface area contributed by atoms with E-state index < -0.39 is 0 Å². The standard InChI is InChI=1S/C17H25FN2O/c1-12(2)20-9-5-8-16(19-13(3)21)17(20)11-14-6-4-7-15(18)10-14/h4,6-7,10,12,16-17H,5,8-9,11H2,1-3H3,(H,19,21)/t16-,17-/m0/s1. The van der Waals surface area contributed by atoms with E-state index in [1.54, 1.807) is 19.1 Å². The van der Waals surface area contributed by atoms with Gasteiger partial charge in [-0.25, -0.2) is 4.39 Å². The molecule has 0 unspecified atom stereocenters. The fourth-order valence-electron chi connectivity index (χ4n) is 3.32. The van der Waals surface area contributed by atoms with Crippen molar-refractivity contribution in [2.24, 2.45) is 0 Å². The normalized spacial score (nSPS) is 23.3. The molecule has 0 aromatic heterocycles. The third-order valence-corrected chi connectivity index (χ3v) is 4.21. The average molecular weight is 292 g/mol. The van der Waals surface area contributed by atoms with Gasteiger partial charge in [-0.3, -0.25) is 9.69 Å². The predicted molar refractivity (Wildman–Crippen MR) is 82.6 cm³/mol. The van der Waals surface area contributed by atoms with E-state index in [0.717, 1.165) is 31.4 Å². The second-order valence-corrected chi connectivity index (χ2v) is 6.18. The van der Waals surface area contributed by atoms with Crippen LogP contribution in [-0.4, -0.2) is 35.5 Å². The SMILES string of the molecule is CC(=O)N[C@H]1CCCN(C(C)C)[C@H]1Cc1cccc(F)c1. The Morgan fingerprint density at radius 3 is 2.86 bits per heavy atom. The lowest BCUT2D eigenvalue weighted by atomic mass is 9.89. The molecular weight excluding hydrogens is 267 g/mol. The van der Waals surface area contributed by atoms with E-state index in [-0.39, 0.29) is 23.8 Å². The van der Waals surface area contributed by atoms with Gasteiger partial charge in [0.1, 0.15) is 5.82 Å². The fourth-order valence-corrected chi connectivity index (χ4v) is 3.32. The summed E-state index contributed by atoms with van der Waals surface area (Å²) in [5.74, 6) is -0.190. The summed E-state index contributed by atoms with van der Waals surface area (Å²) in [4.78, 5) is 13.9. The Labute approximate surface area is 126 Å². The zero-order valence-corrected chi connectivity index (χ0v) is 13.1. The third kappa shape index (κ3) is 4.27. The molecule has 1 heterocycles. The molecule has 1 saturated heterocycles. The highest BCUT2D eigenvalue weighted by Gasteiger charge is 2.33. The smallest absolute Gasteiger partial charge is 0.217 e. The van der Waals surface area contributed by atoms with Gasteiger partial charge in [0.25, 0.3) is 0 Å². The van der Waals surface area contributed by atoms with Gasteiger partial charge in [-0.2, -0.15) is 0 Å². The van der Waals surface area contributed by atoms with Crippen molar-refractivity contribution in [3.8, 4) is 0 Å². The molecular formula is C17H25FN2O. The zero-order chi connectivity index (χ0) is 15.4. The molecule has 2 rings (SSSR count). The van der Waals surface area contributed by atoms with E-state index in [0.29, 0.717) is 6.04 Å². The number of rotatable bonds is 4. The first-order valence-electron chi connectivity index (χ1n) is 7.74. The molecule has 0 radical (unpaired) electrons. The summed E-state index contributed by atoms with van der Waals surface area (Å²) < 4.78 is 13.4. The Balaban J connectivity index is 2.19. The van der Waals surface area contributed by atoms with Gasteiger partial charge in [0.15, 0.2) is 0 Å². The maximum absolute atomic E-state index is 13.4. The molecule has 116 valence electrons. The molecule has 1 aromatic carbocycles. The first-order valence-corrected chi connectivity index (χ1v) is 7.74. The zero-order valence-electron chi connectivity index (χ0n) is 13.1. The number of nitrogens with zero attached hydrogens (tertiary/aromatic N) is 1.